The SMILES string of the molecule is O=C(NCc1ccccc1Cn1cccn1)Nc1ccc(F)c(F)c1. The van der Waals surface area contributed by atoms with Gasteiger partial charge in [0.2, 0.25) is 0 Å². The fourth-order valence-electron chi connectivity index (χ4n) is 2.38. The molecule has 0 bridgehead atoms. The summed E-state index contributed by atoms with van der Waals surface area (Å²) in [4.78, 5) is 12.0. The Labute approximate surface area is 143 Å². The number of nitrogens with zero attached hydrogens (tertiary/aromatic N) is 2. The van der Waals surface area contributed by atoms with Crippen LogP contribution in [0.25, 0.3) is 0 Å². The summed E-state index contributed by atoms with van der Waals surface area (Å²) in [7, 11) is 0. The molecule has 0 aliphatic carbocycles. The number of aromatic nitrogens is 2. The minimum Gasteiger partial charge on any atom is -0.334 e. The molecule has 0 radical (unpaired) electrons. The van der Waals surface area contributed by atoms with E-state index in [2.05, 4.69) is 15.7 Å². The topological polar surface area (TPSA) is 59.0 Å². The van der Waals surface area contributed by atoms with Crippen molar-refractivity contribution in [1.29, 1.82) is 0 Å². The number of rotatable bonds is 5. The van der Waals surface area contributed by atoms with Gasteiger partial charge in [0, 0.05) is 30.7 Å². The van der Waals surface area contributed by atoms with Gasteiger partial charge in [0.05, 0.1) is 6.54 Å². The normalized spacial score (nSPS) is 10.5. The molecule has 7 heteroatoms. The largest absolute Gasteiger partial charge is 0.334 e. The van der Waals surface area contributed by atoms with Crippen LogP contribution >= 0.6 is 0 Å². The third-order valence-corrected chi connectivity index (χ3v) is 3.63. The van der Waals surface area contributed by atoms with Gasteiger partial charge < -0.3 is 10.6 Å². The second kappa shape index (κ2) is 7.57. The van der Waals surface area contributed by atoms with Crippen molar-refractivity contribution in [2.45, 2.75) is 13.1 Å². The fourth-order valence-corrected chi connectivity index (χ4v) is 2.38. The first-order valence-corrected chi connectivity index (χ1v) is 7.66. The van der Waals surface area contributed by atoms with Crippen molar-refractivity contribution in [1.82, 2.24) is 15.1 Å². The Morgan fingerprint density at radius 2 is 1.84 bits per heavy atom. The maximum Gasteiger partial charge on any atom is 0.319 e. The lowest BCUT2D eigenvalue weighted by Crippen LogP contribution is -2.28. The molecule has 0 atom stereocenters. The lowest BCUT2D eigenvalue weighted by molar-refractivity contribution is 0.251. The quantitative estimate of drug-likeness (QED) is 0.745. The van der Waals surface area contributed by atoms with Crippen molar-refractivity contribution in [3.05, 3.63) is 83.7 Å². The summed E-state index contributed by atoms with van der Waals surface area (Å²) in [6.45, 7) is 0.891. The van der Waals surface area contributed by atoms with Gasteiger partial charge in [-0.05, 0) is 29.3 Å². The van der Waals surface area contributed by atoms with Crippen LogP contribution in [0.5, 0.6) is 0 Å². The first-order valence-electron chi connectivity index (χ1n) is 7.66. The smallest absolute Gasteiger partial charge is 0.319 e. The Kier molecular flexibility index (Phi) is 5.03. The first kappa shape index (κ1) is 16.6. The van der Waals surface area contributed by atoms with Gasteiger partial charge in [-0.25, -0.2) is 13.6 Å². The maximum atomic E-state index is 13.2. The first-order chi connectivity index (χ1) is 12.1. The molecule has 0 spiro atoms. The third kappa shape index (κ3) is 4.41. The molecular weight excluding hydrogens is 326 g/mol. The molecule has 3 aromatic rings. The Balaban J connectivity index is 1.61. The van der Waals surface area contributed by atoms with Gasteiger partial charge >= 0.3 is 6.03 Å². The number of hydrogen-bond donors (Lipinski definition) is 2. The molecule has 25 heavy (non-hydrogen) atoms. The minimum absolute atomic E-state index is 0.182. The zero-order valence-electron chi connectivity index (χ0n) is 13.2. The summed E-state index contributed by atoms with van der Waals surface area (Å²) in [6, 6.07) is 12.2. The molecule has 0 fully saturated rings. The summed E-state index contributed by atoms with van der Waals surface area (Å²) < 4.78 is 27.8. The molecule has 2 N–H and O–H groups in total. The predicted molar refractivity (Wildman–Crippen MR) is 90.0 cm³/mol. The lowest BCUT2D eigenvalue weighted by Gasteiger charge is -2.12. The molecular formula is C18H16F2N4O. The average molecular weight is 342 g/mol. The Bertz CT molecular complexity index is 865. The van der Waals surface area contributed by atoms with E-state index < -0.39 is 17.7 Å². The molecule has 2 aromatic carbocycles. The van der Waals surface area contributed by atoms with Crippen molar-refractivity contribution >= 4 is 11.7 Å². The van der Waals surface area contributed by atoms with Crippen molar-refractivity contribution in [3.63, 3.8) is 0 Å². The molecule has 5 nitrogen and oxygen atoms in total. The highest BCUT2D eigenvalue weighted by Crippen LogP contribution is 2.13. The van der Waals surface area contributed by atoms with E-state index in [0.717, 1.165) is 23.3 Å². The summed E-state index contributed by atoms with van der Waals surface area (Å²) in [5.41, 5.74) is 2.15. The van der Waals surface area contributed by atoms with E-state index in [4.69, 9.17) is 0 Å². The molecule has 128 valence electrons. The molecule has 0 aliphatic heterocycles. The number of anilines is 1. The lowest BCUT2D eigenvalue weighted by atomic mass is 10.1. The monoisotopic (exact) mass is 342 g/mol. The molecule has 2 amide bonds. The number of urea groups is 1. The Morgan fingerprint density at radius 3 is 2.56 bits per heavy atom. The van der Waals surface area contributed by atoms with E-state index >= 15 is 0 Å². The van der Waals surface area contributed by atoms with Gasteiger partial charge in [-0.2, -0.15) is 5.10 Å². The zero-order valence-corrected chi connectivity index (χ0v) is 13.2. The van der Waals surface area contributed by atoms with Crippen LogP contribution in [0.2, 0.25) is 0 Å². The van der Waals surface area contributed by atoms with E-state index in [0.29, 0.717) is 13.1 Å². The fraction of sp³-hybridized carbons (Fsp3) is 0.111. The van der Waals surface area contributed by atoms with Crippen LogP contribution in [0.3, 0.4) is 0 Å². The van der Waals surface area contributed by atoms with Gasteiger partial charge in [-0.1, -0.05) is 24.3 Å². The second-order valence-corrected chi connectivity index (χ2v) is 5.41. The third-order valence-electron chi connectivity index (χ3n) is 3.63. The van der Waals surface area contributed by atoms with E-state index in [-0.39, 0.29) is 5.69 Å². The van der Waals surface area contributed by atoms with Crippen LogP contribution in [0.1, 0.15) is 11.1 Å². The van der Waals surface area contributed by atoms with E-state index in [1.165, 1.54) is 6.07 Å². The van der Waals surface area contributed by atoms with E-state index in [1.807, 2.05) is 36.5 Å². The molecule has 0 saturated heterocycles. The van der Waals surface area contributed by atoms with Crippen LogP contribution in [0.15, 0.2) is 60.9 Å². The van der Waals surface area contributed by atoms with Crippen LogP contribution < -0.4 is 10.6 Å². The minimum atomic E-state index is -1.01. The van der Waals surface area contributed by atoms with Crippen molar-refractivity contribution in [2.24, 2.45) is 0 Å². The molecule has 0 saturated carbocycles. The number of halogens is 2. The summed E-state index contributed by atoms with van der Waals surface area (Å²) >= 11 is 0. The highest BCUT2D eigenvalue weighted by atomic mass is 19.2. The molecule has 3 rings (SSSR count). The van der Waals surface area contributed by atoms with Crippen LogP contribution in [0.4, 0.5) is 19.3 Å². The van der Waals surface area contributed by atoms with E-state index in [9.17, 15) is 13.6 Å². The number of amides is 2. The average Bonchev–Trinajstić information content (AvgIpc) is 3.10. The van der Waals surface area contributed by atoms with Gasteiger partial charge in [-0.15, -0.1) is 0 Å². The maximum absolute atomic E-state index is 13.2. The standard InChI is InChI=1S/C18H16F2N4O/c19-16-7-6-15(10-17(16)20)23-18(25)21-11-13-4-1-2-5-14(13)12-24-9-3-8-22-24/h1-10H,11-12H2,(H2,21,23,25). The van der Waals surface area contributed by atoms with Crippen LogP contribution in [-0.4, -0.2) is 15.8 Å². The number of nitrogens with one attached hydrogen (secondary N) is 2. The van der Waals surface area contributed by atoms with Gasteiger partial charge in [0.15, 0.2) is 11.6 Å². The predicted octanol–water partition coefficient (Wildman–Crippen LogP) is 3.53. The van der Waals surface area contributed by atoms with Crippen molar-refractivity contribution < 1.29 is 13.6 Å². The molecule has 0 aliphatic rings. The Morgan fingerprint density at radius 1 is 1.04 bits per heavy atom. The molecule has 0 unspecified atom stereocenters. The number of carbonyl (C=O) groups is 1. The highest BCUT2D eigenvalue weighted by molar-refractivity contribution is 5.89. The van der Waals surface area contributed by atoms with Crippen molar-refractivity contribution in [3.8, 4) is 0 Å². The number of benzene rings is 2. The van der Waals surface area contributed by atoms with Gasteiger partial charge in [0.25, 0.3) is 0 Å². The van der Waals surface area contributed by atoms with Gasteiger partial charge in [-0.3, -0.25) is 4.68 Å². The van der Waals surface area contributed by atoms with Crippen LogP contribution in [-0.2, 0) is 13.1 Å². The van der Waals surface area contributed by atoms with Gasteiger partial charge in [0.1, 0.15) is 0 Å². The highest BCUT2D eigenvalue weighted by Gasteiger charge is 2.08. The Hall–Kier alpha value is -3.22. The number of carbonyl (C=O) groups excluding carboxylic acids is 1. The summed E-state index contributed by atoms with van der Waals surface area (Å²) in [6.07, 6.45) is 3.57. The zero-order chi connectivity index (χ0) is 17.6. The summed E-state index contributed by atoms with van der Waals surface area (Å²) in [5, 5.41) is 9.35. The van der Waals surface area contributed by atoms with Crippen LogP contribution in [0, 0.1) is 11.6 Å². The van der Waals surface area contributed by atoms with E-state index in [1.54, 1.807) is 10.9 Å². The second-order valence-electron chi connectivity index (χ2n) is 5.41. The number of hydrogen-bond acceptors (Lipinski definition) is 2. The van der Waals surface area contributed by atoms with Crippen molar-refractivity contribution in [2.75, 3.05) is 5.32 Å². The molecule has 1 aromatic heterocycles. The summed E-state index contributed by atoms with van der Waals surface area (Å²) in [5.74, 6) is -1.97. The molecule has 1 heterocycles.